The molecular weight excluding hydrogens is 304 g/mol. The van der Waals surface area contributed by atoms with Crippen molar-refractivity contribution in [2.45, 2.75) is 83.3 Å². The van der Waals surface area contributed by atoms with Crippen molar-refractivity contribution in [3.05, 3.63) is 36.5 Å². The quantitative estimate of drug-likeness (QED) is 0.306. The first-order valence-electron chi connectivity index (χ1n) is 9.15. The SMILES string of the molecule is CCCCCCCCC(O)/C=C/C=C/C=C\[C@H](O)CCCC(=O)O. The smallest absolute Gasteiger partial charge is 0.303 e. The van der Waals surface area contributed by atoms with Gasteiger partial charge in [-0.25, -0.2) is 0 Å². The van der Waals surface area contributed by atoms with Crippen LogP contribution in [0.1, 0.15) is 71.1 Å². The third kappa shape index (κ3) is 17.0. The molecule has 4 heteroatoms. The van der Waals surface area contributed by atoms with E-state index in [1.54, 1.807) is 24.3 Å². The van der Waals surface area contributed by atoms with E-state index >= 15 is 0 Å². The molecule has 0 aliphatic heterocycles. The second kappa shape index (κ2) is 16.5. The van der Waals surface area contributed by atoms with Gasteiger partial charge in [0.05, 0.1) is 12.2 Å². The van der Waals surface area contributed by atoms with E-state index in [9.17, 15) is 15.0 Å². The molecule has 2 atom stereocenters. The summed E-state index contributed by atoms with van der Waals surface area (Å²) in [7, 11) is 0. The highest BCUT2D eigenvalue weighted by atomic mass is 16.4. The zero-order valence-electron chi connectivity index (χ0n) is 14.9. The van der Waals surface area contributed by atoms with Gasteiger partial charge in [-0.3, -0.25) is 4.79 Å². The molecule has 0 radical (unpaired) electrons. The van der Waals surface area contributed by atoms with Crippen LogP contribution in [0.15, 0.2) is 36.5 Å². The van der Waals surface area contributed by atoms with Crippen molar-refractivity contribution in [1.29, 1.82) is 0 Å². The van der Waals surface area contributed by atoms with E-state index in [4.69, 9.17) is 5.11 Å². The maximum atomic E-state index is 10.4. The molecule has 0 bridgehead atoms. The third-order valence-corrected chi connectivity index (χ3v) is 3.74. The van der Waals surface area contributed by atoms with Gasteiger partial charge in [0, 0.05) is 6.42 Å². The molecule has 4 nitrogen and oxygen atoms in total. The zero-order valence-corrected chi connectivity index (χ0v) is 14.9. The summed E-state index contributed by atoms with van der Waals surface area (Å²) < 4.78 is 0. The molecule has 0 amide bonds. The lowest BCUT2D eigenvalue weighted by Gasteiger charge is -2.04. The molecule has 0 saturated carbocycles. The van der Waals surface area contributed by atoms with Crippen LogP contribution in [-0.4, -0.2) is 33.5 Å². The molecule has 0 aliphatic carbocycles. The van der Waals surface area contributed by atoms with Crippen molar-refractivity contribution in [3.63, 3.8) is 0 Å². The minimum atomic E-state index is -0.837. The maximum absolute atomic E-state index is 10.4. The topological polar surface area (TPSA) is 77.8 Å². The lowest BCUT2D eigenvalue weighted by Crippen LogP contribution is -2.03. The van der Waals surface area contributed by atoms with Gasteiger partial charge in [0.1, 0.15) is 0 Å². The van der Waals surface area contributed by atoms with Crippen molar-refractivity contribution in [2.75, 3.05) is 0 Å². The number of carbonyl (C=O) groups is 1. The van der Waals surface area contributed by atoms with Crippen LogP contribution < -0.4 is 0 Å². The fraction of sp³-hybridized carbons (Fsp3) is 0.650. The second-order valence-electron chi connectivity index (χ2n) is 6.13. The van der Waals surface area contributed by atoms with Crippen LogP contribution in [0.3, 0.4) is 0 Å². The summed E-state index contributed by atoms with van der Waals surface area (Å²) in [6.07, 6.45) is 18.7. The Balaban J connectivity index is 3.70. The highest BCUT2D eigenvalue weighted by Crippen LogP contribution is 2.09. The van der Waals surface area contributed by atoms with E-state index in [-0.39, 0.29) is 6.42 Å². The molecule has 0 aromatic heterocycles. The molecular formula is C20H34O4. The first kappa shape index (κ1) is 22.6. The number of carboxylic acids is 1. The summed E-state index contributed by atoms with van der Waals surface area (Å²) in [5.41, 5.74) is 0. The predicted octanol–water partition coefficient (Wildman–Crippen LogP) is 4.38. The lowest BCUT2D eigenvalue weighted by molar-refractivity contribution is -0.137. The first-order chi connectivity index (χ1) is 11.6. The monoisotopic (exact) mass is 338 g/mol. The Morgan fingerprint density at radius 3 is 1.83 bits per heavy atom. The van der Waals surface area contributed by atoms with Gasteiger partial charge < -0.3 is 15.3 Å². The molecule has 0 aromatic rings. The van der Waals surface area contributed by atoms with Gasteiger partial charge in [-0.1, -0.05) is 81.9 Å². The van der Waals surface area contributed by atoms with Gasteiger partial charge in [-0.2, -0.15) is 0 Å². The molecule has 0 fully saturated rings. The molecule has 0 spiro atoms. The highest BCUT2D eigenvalue weighted by Gasteiger charge is 2.01. The van der Waals surface area contributed by atoms with Gasteiger partial charge in [-0.05, 0) is 19.3 Å². The number of unbranched alkanes of at least 4 members (excludes halogenated alkanes) is 5. The van der Waals surface area contributed by atoms with E-state index in [1.165, 1.54) is 32.1 Å². The van der Waals surface area contributed by atoms with Crippen LogP contribution in [0.5, 0.6) is 0 Å². The summed E-state index contributed by atoms with van der Waals surface area (Å²) in [6.45, 7) is 2.21. The summed E-state index contributed by atoms with van der Waals surface area (Å²) in [5.74, 6) is -0.837. The van der Waals surface area contributed by atoms with Crippen LogP contribution in [-0.2, 0) is 4.79 Å². The number of rotatable bonds is 15. The minimum Gasteiger partial charge on any atom is -0.481 e. The van der Waals surface area contributed by atoms with Gasteiger partial charge in [0.15, 0.2) is 0 Å². The average Bonchev–Trinajstić information content (AvgIpc) is 2.53. The van der Waals surface area contributed by atoms with E-state index < -0.39 is 18.2 Å². The Morgan fingerprint density at radius 1 is 0.792 bits per heavy atom. The minimum absolute atomic E-state index is 0.0833. The van der Waals surface area contributed by atoms with Crippen LogP contribution >= 0.6 is 0 Å². The van der Waals surface area contributed by atoms with E-state index in [0.717, 1.165) is 12.8 Å². The van der Waals surface area contributed by atoms with E-state index in [2.05, 4.69) is 6.92 Å². The molecule has 0 aliphatic rings. The summed E-state index contributed by atoms with van der Waals surface area (Å²) in [4.78, 5) is 10.4. The highest BCUT2D eigenvalue weighted by molar-refractivity contribution is 5.66. The number of hydrogen-bond donors (Lipinski definition) is 3. The standard InChI is InChI=1S/C20H34O4/c1-2-3-4-5-6-9-13-18(21)14-10-7-8-11-15-19(22)16-12-17-20(23)24/h7-8,10-11,14-15,18-19,21-22H,2-6,9,12-13,16-17H2,1H3,(H,23,24)/b8-7+,14-10+,15-11-/t18?,19-/m0/s1. The number of hydrogen-bond acceptors (Lipinski definition) is 3. The third-order valence-electron chi connectivity index (χ3n) is 3.74. The van der Waals surface area contributed by atoms with Gasteiger partial charge in [0.25, 0.3) is 0 Å². The molecule has 0 heterocycles. The number of carboxylic acid groups (broad SMARTS) is 1. The molecule has 3 N–H and O–H groups in total. The molecule has 0 rings (SSSR count). The molecule has 1 unspecified atom stereocenters. The maximum Gasteiger partial charge on any atom is 0.303 e. The van der Waals surface area contributed by atoms with Crippen molar-refractivity contribution < 1.29 is 20.1 Å². The Bertz CT molecular complexity index is 385. The molecule has 24 heavy (non-hydrogen) atoms. The van der Waals surface area contributed by atoms with Crippen LogP contribution in [0.4, 0.5) is 0 Å². The lowest BCUT2D eigenvalue weighted by atomic mass is 10.1. The zero-order chi connectivity index (χ0) is 18.0. The van der Waals surface area contributed by atoms with Crippen molar-refractivity contribution in [2.24, 2.45) is 0 Å². The fourth-order valence-corrected chi connectivity index (χ4v) is 2.30. The number of aliphatic carboxylic acids is 1. The number of aliphatic hydroxyl groups excluding tert-OH is 2. The van der Waals surface area contributed by atoms with Crippen LogP contribution in [0.2, 0.25) is 0 Å². The van der Waals surface area contributed by atoms with Crippen molar-refractivity contribution >= 4 is 5.97 Å². The summed E-state index contributed by atoms with van der Waals surface area (Å²) >= 11 is 0. The van der Waals surface area contributed by atoms with Crippen LogP contribution in [0.25, 0.3) is 0 Å². The fourth-order valence-electron chi connectivity index (χ4n) is 2.30. The Labute approximate surface area is 146 Å². The van der Waals surface area contributed by atoms with E-state index in [1.807, 2.05) is 12.2 Å². The van der Waals surface area contributed by atoms with E-state index in [0.29, 0.717) is 12.8 Å². The van der Waals surface area contributed by atoms with Crippen LogP contribution in [0, 0.1) is 0 Å². The molecule has 0 saturated heterocycles. The second-order valence-corrected chi connectivity index (χ2v) is 6.13. The Kier molecular flexibility index (Phi) is 15.5. The predicted molar refractivity (Wildman–Crippen MR) is 98.9 cm³/mol. The Morgan fingerprint density at radius 2 is 1.29 bits per heavy atom. The first-order valence-corrected chi connectivity index (χ1v) is 9.15. The number of allylic oxidation sites excluding steroid dienone is 4. The van der Waals surface area contributed by atoms with Crippen molar-refractivity contribution in [1.82, 2.24) is 0 Å². The normalized spacial score (nSPS) is 14.8. The average molecular weight is 338 g/mol. The summed E-state index contributed by atoms with van der Waals surface area (Å²) in [6, 6.07) is 0. The van der Waals surface area contributed by atoms with Gasteiger partial charge in [0.2, 0.25) is 0 Å². The largest absolute Gasteiger partial charge is 0.481 e. The Hall–Kier alpha value is -1.39. The molecule has 138 valence electrons. The number of aliphatic hydroxyl groups is 2. The molecule has 0 aromatic carbocycles. The van der Waals surface area contributed by atoms with Gasteiger partial charge >= 0.3 is 5.97 Å². The van der Waals surface area contributed by atoms with Gasteiger partial charge in [-0.15, -0.1) is 0 Å². The summed E-state index contributed by atoms with van der Waals surface area (Å²) in [5, 5.41) is 27.9. The van der Waals surface area contributed by atoms with Crippen molar-refractivity contribution in [3.8, 4) is 0 Å².